The average Bonchev–Trinajstić information content (AvgIpc) is 2.55. The number of hydrogen-bond acceptors (Lipinski definition) is 3. The Morgan fingerprint density at radius 1 is 1.04 bits per heavy atom. The van der Waals surface area contributed by atoms with Crippen molar-refractivity contribution in [2.75, 3.05) is 18.5 Å². The van der Waals surface area contributed by atoms with Crippen molar-refractivity contribution in [2.24, 2.45) is 0 Å². The minimum absolute atomic E-state index is 0.559. The van der Waals surface area contributed by atoms with E-state index in [9.17, 15) is 0 Å². The largest absolute Gasteiger partial charge is 0.490 e. The van der Waals surface area contributed by atoms with Crippen LogP contribution in [0.2, 0.25) is 10.0 Å². The van der Waals surface area contributed by atoms with Crippen LogP contribution in [0, 0.1) is 6.92 Å². The molecule has 0 amide bonds. The predicted molar refractivity (Wildman–Crippen MR) is 102 cm³/mol. The third kappa shape index (κ3) is 4.96. The van der Waals surface area contributed by atoms with Crippen molar-refractivity contribution >= 4 is 28.9 Å². The van der Waals surface area contributed by atoms with Gasteiger partial charge in [-0.25, -0.2) is 0 Å². The summed E-state index contributed by atoms with van der Waals surface area (Å²) in [6, 6.07) is 9.66. The number of rotatable bonds is 8. The van der Waals surface area contributed by atoms with E-state index in [1.54, 1.807) is 0 Å². The third-order valence-electron chi connectivity index (χ3n) is 3.50. The highest BCUT2D eigenvalue weighted by atomic mass is 35.5. The first-order valence-corrected chi connectivity index (χ1v) is 8.88. The SMILES string of the molecule is CCCOc1c(Cl)cc(CNc2cc(Cl)ccc2C)cc1OCC. The van der Waals surface area contributed by atoms with Crippen molar-refractivity contribution in [3.63, 3.8) is 0 Å². The molecular weight excluding hydrogens is 345 g/mol. The second-order valence-corrected chi connectivity index (χ2v) is 6.34. The molecule has 0 aliphatic carbocycles. The van der Waals surface area contributed by atoms with Crippen LogP contribution < -0.4 is 14.8 Å². The molecule has 0 spiro atoms. The molecule has 1 N–H and O–H groups in total. The lowest BCUT2D eigenvalue weighted by Gasteiger charge is -2.16. The topological polar surface area (TPSA) is 30.5 Å². The van der Waals surface area contributed by atoms with Gasteiger partial charge in [-0.3, -0.25) is 0 Å². The highest BCUT2D eigenvalue weighted by Gasteiger charge is 2.12. The van der Waals surface area contributed by atoms with Gasteiger partial charge in [0.15, 0.2) is 11.5 Å². The summed E-state index contributed by atoms with van der Waals surface area (Å²) >= 11 is 12.5. The van der Waals surface area contributed by atoms with Crippen LogP contribution in [0.15, 0.2) is 30.3 Å². The Morgan fingerprint density at radius 2 is 1.83 bits per heavy atom. The molecule has 0 heterocycles. The van der Waals surface area contributed by atoms with Crippen LogP contribution in [0.5, 0.6) is 11.5 Å². The van der Waals surface area contributed by atoms with E-state index in [1.807, 2.05) is 44.2 Å². The van der Waals surface area contributed by atoms with Crippen molar-refractivity contribution in [2.45, 2.75) is 33.7 Å². The molecule has 0 fully saturated rings. The summed E-state index contributed by atoms with van der Waals surface area (Å²) in [5.74, 6) is 1.29. The number of halogens is 2. The molecule has 2 aromatic rings. The summed E-state index contributed by atoms with van der Waals surface area (Å²) in [4.78, 5) is 0. The Bertz CT molecular complexity index is 689. The Balaban J connectivity index is 2.19. The van der Waals surface area contributed by atoms with Gasteiger partial charge in [-0.05, 0) is 55.7 Å². The number of hydrogen-bond donors (Lipinski definition) is 1. The van der Waals surface area contributed by atoms with Gasteiger partial charge in [0, 0.05) is 17.3 Å². The number of ether oxygens (including phenoxy) is 2. The van der Waals surface area contributed by atoms with Gasteiger partial charge in [0.25, 0.3) is 0 Å². The van der Waals surface area contributed by atoms with Crippen LogP contribution in [0.25, 0.3) is 0 Å². The molecule has 0 aliphatic heterocycles. The second-order valence-electron chi connectivity index (χ2n) is 5.50. The number of benzene rings is 2. The smallest absolute Gasteiger partial charge is 0.179 e. The minimum atomic E-state index is 0.559. The van der Waals surface area contributed by atoms with Crippen molar-refractivity contribution in [1.82, 2.24) is 0 Å². The molecule has 24 heavy (non-hydrogen) atoms. The quantitative estimate of drug-likeness (QED) is 0.611. The molecule has 0 atom stereocenters. The fourth-order valence-corrected chi connectivity index (χ4v) is 2.77. The summed E-state index contributed by atoms with van der Waals surface area (Å²) in [6.45, 7) is 7.83. The van der Waals surface area contributed by atoms with Gasteiger partial charge >= 0.3 is 0 Å². The van der Waals surface area contributed by atoms with Crippen molar-refractivity contribution in [3.05, 3.63) is 51.5 Å². The lowest BCUT2D eigenvalue weighted by atomic mass is 10.1. The molecule has 0 aliphatic rings. The molecule has 0 bridgehead atoms. The maximum absolute atomic E-state index is 6.39. The van der Waals surface area contributed by atoms with E-state index < -0.39 is 0 Å². The molecular formula is C19H23Cl2NO2. The van der Waals surface area contributed by atoms with Gasteiger partial charge in [0.05, 0.1) is 18.2 Å². The van der Waals surface area contributed by atoms with E-state index >= 15 is 0 Å². The van der Waals surface area contributed by atoms with Gasteiger partial charge in [-0.2, -0.15) is 0 Å². The third-order valence-corrected chi connectivity index (χ3v) is 4.02. The Labute approximate surface area is 153 Å². The minimum Gasteiger partial charge on any atom is -0.490 e. The molecule has 0 aromatic heterocycles. The van der Waals surface area contributed by atoms with Gasteiger partial charge in [0.2, 0.25) is 0 Å². The normalized spacial score (nSPS) is 10.5. The Morgan fingerprint density at radius 3 is 2.54 bits per heavy atom. The van der Waals surface area contributed by atoms with Crippen LogP contribution in [-0.4, -0.2) is 13.2 Å². The van der Waals surface area contributed by atoms with Gasteiger partial charge < -0.3 is 14.8 Å². The molecule has 3 nitrogen and oxygen atoms in total. The lowest BCUT2D eigenvalue weighted by molar-refractivity contribution is 0.277. The van der Waals surface area contributed by atoms with Crippen molar-refractivity contribution in [1.29, 1.82) is 0 Å². The van der Waals surface area contributed by atoms with Crippen LogP contribution in [0.3, 0.4) is 0 Å². The highest BCUT2D eigenvalue weighted by Crippen LogP contribution is 2.37. The predicted octanol–water partition coefficient (Wildman–Crippen LogP) is 6.10. The zero-order valence-corrected chi connectivity index (χ0v) is 15.8. The van der Waals surface area contributed by atoms with Crippen LogP contribution in [0.1, 0.15) is 31.4 Å². The molecule has 2 rings (SSSR count). The Hall–Kier alpha value is -1.58. The van der Waals surface area contributed by atoms with Crippen molar-refractivity contribution in [3.8, 4) is 11.5 Å². The number of anilines is 1. The number of nitrogens with one attached hydrogen (secondary N) is 1. The van der Waals surface area contributed by atoms with Crippen LogP contribution >= 0.6 is 23.2 Å². The zero-order valence-electron chi connectivity index (χ0n) is 14.3. The maximum atomic E-state index is 6.39. The molecule has 2 aromatic carbocycles. The van der Waals surface area contributed by atoms with Gasteiger partial charge in [0.1, 0.15) is 0 Å². The standard InChI is InChI=1S/C19H23Cl2NO2/c1-4-8-24-19-16(21)9-14(10-18(19)23-5-2)12-22-17-11-15(20)7-6-13(17)3/h6-7,9-11,22H,4-5,8,12H2,1-3H3. The number of aryl methyl sites for hydroxylation is 1. The summed E-state index contributed by atoms with van der Waals surface area (Å²) in [7, 11) is 0. The van der Waals surface area contributed by atoms with E-state index in [1.165, 1.54) is 0 Å². The van der Waals surface area contributed by atoms with Gasteiger partial charge in [-0.1, -0.05) is 36.2 Å². The fourth-order valence-electron chi connectivity index (χ4n) is 2.31. The Kier molecular flexibility index (Phi) is 7.07. The fraction of sp³-hybridized carbons (Fsp3) is 0.368. The van der Waals surface area contributed by atoms with Crippen molar-refractivity contribution < 1.29 is 9.47 Å². The van der Waals surface area contributed by atoms with Crippen LogP contribution in [-0.2, 0) is 6.54 Å². The zero-order chi connectivity index (χ0) is 17.5. The monoisotopic (exact) mass is 367 g/mol. The lowest BCUT2D eigenvalue weighted by Crippen LogP contribution is -2.04. The second kappa shape index (κ2) is 9.05. The highest BCUT2D eigenvalue weighted by molar-refractivity contribution is 6.32. The molecule has 0 saturated heterocycles. The average molecular weight is 368 g/mol. The van der Waals surface area contributed by atoms with E-state index in [0.29, 0.717) is 41.3 Å². The van der Waals surface area contributed by atoms with E-state index in [-0.39, 0.29) is 0 Å². The molecule has 130 valence electrons. The first-order chi connectivity index (χ1) is 11.5. The molecule has 0 radical (unpaired) electrons. The van der Waals surface area contributed by atoms with Gasteiger partial charge in [-0.15, -0.1) is 0 Å². The van der Waals surface area contributed by atoms with E-state index in [2.05, 4.69) is 12.2 Å². The van der Waals surface area contributed by atoms with E-state index in [4.69, 9.17) is 32.7 Å². The summed E-state index contributed by atoms with van der Waals surface area (Å²) in [5.41, 5.74) is 3.16. The first-order valence-electron chi connectivity index (χ1n) is 8.13. The van der Waals surface area contributed by atoms with Crippen LogP contribution in [0.4, 0.5) is 5.69 Å². The molecule has 0 saturated carbocycles. The summed E-state index contributed by atoms with van der Waals surface area (Å²) in [5, 5.41) is 4.66. The summed E-state index contributed by atoms with van der Waals surface area (Å²) in [6.07, 6.45) is 0.916. The molecule has 0 unspecified atom stereocenters. The maximum Gasteiger partial charge on any atom is 0.179 e. The molecule has 5 heteroatoms. The summed E-state index contributed by atoms with van der Waals surface area (Å²) < 4.78 is 11.4. The first kappa shape index (κ1) is 18.8. The van der Waals surface area contributed by atoms with E-state index in [0.717, 1.165) is 23.2 Å².